The SMILES string of the molecule is CCOC(=O)C(Cl)Cc1cc(I)c(C2CCCCC2)c(S(C)(=O)=O)c1. The number of hydrogen-bond acceptors (Lipinski definition) is 4. The number of carbonyl (C=O) groups is 1. The van der Waals surface area contributed by atoms with E-state index in [9.17, 15) is 13.2 Å². The number of rotatable bonds is 6. The average molecular weight is 499 g/mol. The predicted octanol–water partition coefficient (Wildman–Crippen LogP) is 4.46. The van der Waals surface area contributed by atoms with Crippen molar-refractivity contribution in [3.63, 3.8) is 0 Å². The number of hydrogen-bond donors (Lipinski definition) is 0. The van der Waals surface area contributed by atoms with Crippen molar-refractivity contribution in [1.82, 2.24) is 0 Å². The van der Waals surface area contributed by atoms with Crippen LogP contribution in [0.1, 0.15) is 56.1 Å². The van der Waals surface area contributed by atoms with Crippen LogP contribution in [0.15, 0.2) is 17.0 Å². The van der Waals surface area contributed by atoms with Crippen molar-refractivity contribution in [1.29, 1.82) is 0 Å². The lowest BCUT2D eigenvalue weighted by Gasteiger charge is -2.26. The van der Waals surface area contributed by atoms with Crippen LogP contribution in [0, 0.1) is 3.57 Å². The number of halogens is 2. The second-order valence-electron chi connectivity index (χ2n) is 6.52. The van der Waals surface area contributed by atoms with Crippen molar-refractivity contribution < 1.29 is 17.9 Å². The second-order valence-corrected chi connectivity index (χ2v) is 10.2. The molecule has 140 valence electrons. The molecule has 1 aliphatic rings. The number of sulfone groups is 1. The average Bonchev–Trinajstić information content (AvgIpc) is 2.54. The van der Waals surface area contributed by atoms with Crippen molar-refractivity contribution in [3.05, 3.63) is 26.8 Å². The summed E-state index contributed by atoms with van der Waals surface area (Å²) in [5.41, 5.74) is 1.69. The fourth-order valence-corrected chi connectivity index (χ4v) is 5.98. The summed E-state index contributed by atoms with van der Waals surface area (Å²) in [5, 5.41) is -0.816. The van der Waals surface area contributed by atoms with Gasteiger partial charge in [-0.25, -0.2) is 8.42 Å². The Kier molecular flexibility index (Phi) is 7.58. The molecule has 0 aliphatic heterocycles. The minimum absolute atomic E-state index is 0.254. The van der Waals surface area contributed by atoms with Gasteiger partial charge in [0.15, 0.2) is 9.84 Å². The largest absolute Gasteiger partial charge is 0.465 e. The number of esters is 1. The monoisotopic (exact) mass is 498 g/mol. The topological polar surface area (TPSA) is 60.4 Å². The highest BCUT2D eigenvalue weighted by atomic mass is 127. The van der Waals surface area contributed by atoms with Crippen molar-refractivity contribution in [2.45, 2.75) is 61.6 Å². The molecule has 4 nitrogen and oxygen atoms in total. The Balaban J connectivity index is 2.38. The van der Waals surface area contributed by atoms with Crippen molar-refractivity contribution >= 4 is 50.0 Å². The lowest BCUT2D eigenvalue weighted by Crippen LogP contribution is -2.21. The highest BCUT2D eigenvalue weighted by Crippen LogP contribution is 2.39. The highest BCUT2D eigenvalue weighted by Gasteiger charge is 2.27. The highest BCUT2D eigenvalue weighted by molar-refractivity contribution is 14.1. The molecule has 1 fully saturated rings. The van der Waals surface area contributed by atoms with Gasteiger partial charge in [-0.05, 0) is 78.0 Å². The van der Waals surface area contributed by atoms with E-state index in [1.165, 1.54) is 12.7 Å². The predicted molar refractivity (Wildman–Crippen MR) is 108 cm³/mol. The first-order valence-electron chi connectivity index (χ1n) is 8.57. The number of ether oxygens (including phenoxy) is 1. The Hall–Kier alpha value is -0.340. The van der Waals surface area contributed by atoms with E-state index in [0.29, 0.717) is 4.90 Å². The van der Waals surface area contributed by atoms with Crippen LogP contribution in [0.5, 0.6) is 0 Å². The van der Waals surface area contributed by atoms with E-state index >= 15 is 0 Å². The van der Waals surface area contributed by atoms with Gasteiger partial charge in [0.1, 0.15) is 5.38 Å². The van der Waals surface area contributed by atoms with Gasteiger partial charge in [-0.1, -0.05) is 19.3 Å². The third-order valence-corrected chi connectivity index (χ3v) is 6.88. The molecule has 1 atom stereocenters. The zero-order valence-corrected chi connectivity index (χ0v) is 18.3. The van der Waals surface area contributed by atoms with Gasteiger partial charge < -0.3 is 4.74 Å². The smallest absolute Gasteiger partial charge is 0.324 e. The van der Waals surface area contributed by atoms with Gasteiger partial charge in [0, 0.05) is 9.83 Å². The van der Waals surface area contributed by atoms with E-state index in [2.05, 4.69) is 22.6 Å². The summed E-state index contributed by atoms with van der Waals surface area (Å²) < 4.78 is 30.7. The van der Waals surface area contributed by atoms with Crippen LogP contribution in [-0.4, -0.2) is 32.6 Å². The fraction of sp³-hybridized carbons (Fsp3) is 0.611. The van der Waals surface area contributed by atoms with E-state index in [1.807, 2.05) is 6.07 Å². The molecular formula is C18H24ClIO4S. The third kappa shape index (κ3) is 5.57. The van der Waals surface area contributed by atoms with E-state index in [4.69, 9.17) is 16.3 Å². The molecular weight excluding hydrogens is 475 g/mol. The quantitative estimate of drug-likeness (QED) is 0.330. The molecule has 1 saturated carbocycles. The molecule has 0 saturated heterocycles. The molecule has 1 unspecified atom stereocenters. The van der Waals surface area contributed by atoms with E-state index < -0.39 is 21.2 Å². The summed E-state index contributed by atoms with van der Waals surface area (Å²) >= 11 is 8.34. The molecule has 0 aromatic heterocycles. The molecule has 1 aromatic carbocycles. The summed E-state index contributed by atoms with van der Waals surface area (Å²) in [4.78, 5) is 12.1. The molecule has 0 bridgehead atoms. The second kappa shape index (κ2) is 9.04. The van der Waals surface area contributed by atoms with Crippen molar-refractivity contribution in [2.24, 2.45) is 0 Å². The summed E-state index contributed by atoms with van der Waals surface area (Å²) in [6.07, 6.45) is 7.04. The molecule has 0 spiro atoms. The molecule has 0 radical (unpaired) electrons. The maximum atomic E-state index is 12.4. The van der Waals surface area contributed by atoms with Gasteiger partial charge in [0.25, 0.3) is 0 Å². The third-order valence-electron chi connectivity index (χ3n) is 4.52. The maximum Gasteiger partial charge on any atom is 0.324 e. The summed E-state index contributed by atoms with van der Waals surface area (Å²) in [5.74, 6) is -0.187. The van der Waals surface area contributed by atoms with Gasteiger partial charge in [-0.3, -0.25) is 4.79 Å². The molecule has 25 heavy (non-hydrogen) atoms. The zero-order chi connectivity index (χ0) is 18.6. The Morgan fingerprint density at radius 3 is 2.52 bits per heavy atom. The molecule has 1 aliphatic carbocycles. The summed E-state index contributed by atoms with van der Waals surface area (Å²) in [6.45, 7) is 2.00. The summed E-state index contributed by atoms with van der Waals surface area (Å²) in [7, 11) is -3.36. The minimum Gasteiger partial charge on any atom is -0.465 e. The Morgan fingerprint density at radius 2 is 1.96 bits per heavy atom. The van der Waals surface area contributed by atoms with Crippen LogP contribution in [0.4, 0.5) is 0 Å². The Bertz CT molecular complexity index is 727. The maximum absolute atomic E-state index is 12.4. The summed E-state index contributed by atoms with van der Waals surface area (Å²) in [6, 6.07) is 3.64. The molecule has 1 aromatic rings. The van der Waals surface area contributed by atoms with Crippen LogP contribution in [-0.2, 0) is 25.8 Å². The lowest BCUT2D eigenvalue weighted by atomic mass is 9.83. The first-order valence-corrected chi connectivity index (χ1v) is 12.0. The zero-order valence-electron chi connectivity index (χ0n) is 14.6. The van der Waals surface area contributed by atoms with Crippen molar-refractivity contribution in [3.8, 4) is 0 Å². The molecule has 0 heterocycles. The molecule has 0 N–H and O–H groups in total. The number of benzene rings is 1. The normalized spacial score (nSPS) is 17.3. The van der Waals surface area contributed by atoms with Gasteiger partial charge in [-0.2, -0.15) is 0 Å². The lowest BCUT2D eigenvalue weighted by molar-refractivity contribution is -0.142. The molecule has 2 rings (SSSR count). The van der Waals surface area contributed by atoms with E-state index in [-0.39, 0.29) is 18.9 Å². The van der Waals surface area contributed by atoms with Crippen LogP contribution < -0.4 is 0 Å². The van der Waals surface area contributed by atoms with E-state index in [0.717, 1.165) is 40.4 Å². The Labute approximate surface area is 168 Å². The fourth-order valence-electron chi connectivity index (χ4n) is 3.38. The Morgan fingerprint density at radius 1 is 1.32 bits per heavy atom. The van der Waals surface area contributed by atoms with Crippen LogP contribution in [0.2, 0.25) is 0 Å². The van der Waals surface area contributed by atoms with Gasteiger partial charge >= 0.3 is 5.97 Å². The van der Waals surface area contributed by atoms with E-state index in [1.54, 1.807) is 13.0 Å². The minimum atomic E-state index is -3.36. The first-order chi connectivity index (χ1) is 11.7. The standard InChI is InChI=1S/C18H24ClIO4S/c1-3-24-18(21)14(19)9-12-10-15(20)17(13-7-5-4-6-8-13)16(11-12)25(2,22)23/h10-11,13-14H,3-9H2,1-2H3. The molecule has 7 heteroatoms. The molecule has 0 amide bonds. The van der Waals surface area contributed by atoms with Gasteiger partial charge in [-0.15, -0.1) is 11.6 Å². The number of alkyl halides is 1. The first kappa shape index (κ1) is 21.0. The van der Waals surface area contributed by atoms with Crippen LogP contribution in [0.3, 0.4) is 0 Å². The van der Waals surface area contributed by atoms with Crippen molar-refractivity contribution in [2.75, 3.05) is 12.9 Å². The van der Waals surface area contributed by atoms with Gasteiger partial charge in [0.2, 0.25) is 0 Å². The van der Waals surface area contributed by atoms with Crippen LogP contribution in [0.25, 0.3) is 0 Å². The van der Waals surface area contributed by atoms with Crippen LogP contribution >= 0.6 is 34.2 Å². The number of carbonyl (C=O) groups excluding carboxylic acids is 1. The van der Waals surface area contributed by atoms with Gasteiger partial charge in [0.05, 0.1) is 11.5 Å².